The van der Waals surface area contributed by atoms with Gasteiger partial charge in [0.05, 0.1) is 26.4 Å². The van der Waals surface area contributed by atoms with Gasteiger partial charge in [-0.3, -0.25) is 37.3 Å². The Hall–Kier alpha value is -1.94. The Kier molecular flexibility index (Phi) is 67.1. The first-order valence-electron chi connectivity index (χ1n) is 40.4. The van der Waals surface area contributed by atoms with Crippen LogP contribution in [0.3, 0.4) is 0 Å². The van der Waals surface area contributed by atoms with Gasteiger partial charge in [-0.25, -0.2) is 9.13 Å². The summed E-state index contributed by atoms with van der Waals surface area (Å²) in [5.41, 5.74) is 0. The van der Waals surface area contributed by atoms with E-state index >= 15 is 0 Å². The Bertz CT molecular complexity index is 1890. The average Bonchev–Trinajstić information content (AvgIpc) is 3.11. The van der Waals surface area contributed by atoms with E-state index < -0.39 is 97.5 Å². The molecule has 0 aliphatic rings. The van der Waals surface area contributed by atoms with E-state index in [1.54, 1.807) is 0 Å². The van der Waals surface area contributed by atoms with Gasteiger partial charge in [0.25, 0.3) is 0 Å². The number of phosphoric ester groups is 2. The molecule has 0 amide bonds. The molecule has 6 atom stereocenters. The van der Waals surface area contributed by atoms with Crippen molar-refractivity contribution in [3.8, 4) is 0 Å². The summed E-state index contributed by atoms with van der Waals surface area (Å²) in [5.74, 6) is 0.266. The lowest BCUT2D eigenvalue weighted by molar-refractivity contribution is -0.161. The van der Waals surface area contributed by atoms with Crippen LogP contribution in [-0.2, 0) is 65.4 Å². The first-order chi connectivity index (χ1) is 46.8. The molecule has 0 bridgehead atoms. The van der Waals surface area contributed by atoms with E-state index in [0.717, 1.165) is 108 Å². The molecule has 0 spiro atoms. The number of carbonyl (C=O) groups excluding carboxylic acids is 4. The van der Waals surface area contributed by atoms with Crippen LogP contribution in [-0.4, -0.2) is 96.7 Å². The highest BCUT2D eigenvalue weighted by Crippen LogP contribution is 2.45. The van der Waals surface area contributed by atoms with E-state index in [-0.39, 0.29) is 25.7 Å². The van der Waals surface area contributed by atoms with Gasteiger partial charge < -0.3 is 33.8 Å². The quantitative estimate of drug-likeness (QED) is 0.0222. The standard InChI is InChI=1S/C78H152O17P2/c1-8-10-11-12-13-14-21-31-38-45-52-59-75(80)88-65-74(95-78(83)62-55-48-41-34-27-26-29-36-43-50-57-70(5)6)68-93-97(86,87)91-64-72(79)63-90-96(84,85)92-67-73(66-89-76(81)60-53-46-39-32-24-20-19-22-28-35-42-49-56-69(3)4)94-77(82)61-54-47-40-33-25-18-16-15-17-23-30-37-44-51-58-71(7)9-2/h69-74,79H,8-68H2,1-7H3,(H,84,85)(H,86,87)/t71?,72-,73-,74-/m1/s1. The summed E-state index contributed by atoms with van der Waals surface area (Å²) in [6.45, 7) is 12.0. The Balaban J connectivity index is 5.26. The van der Waals surface area contributed by atoms with Crippen molar-refractivity contribution in [2.45, 2.75) is 420 Å². The maximum absolute atomic E-state index is 13.1. The second kappa shape index (κ2) is 68.5. The van der Waals surface area contributed by atoms with E-state index in [2.05, 4.69) is 48.5 Å². The average molecular weight is 1420 g/mol. The van der Waals surface area contributed by atoms with Crippen LogP contribution in [0.1, 0.15) is 402 Å². The topological polar surface area (TPSA) is 237 Å². The molecular weight excluding hydrogens is 1270 g/mol. The third-order valence-electron chi connectivity index (χ3n) is 18.5. The van der Waals surface area contributed by atoms with Crippen molar-refractivity contribution in [3.05, 3.63) is 0 Å². The summed E-state index contributed by atoms with van der Waals surface area (Å²) in [4.78, 5) is 72.9. The summed E-state index contributed by atoms with van der Waals surface area (Å²) < 4.78 is 68.6. The van der Waals surface area contributed by atoms with Crippen molar-refractivity contribution < 1.29 is 80.2 Å². The van der Waals surface area contributed by atoms with Gasteiger partial charge in [0, 0.05) is 25.7 Å². The highest BCUT2D eigenvalue weighted by atomic mass is 31.2. The maximum atomic E-state index is 13.1. The first kappa shape index (κ1) is 95.1. The molecule has 576 valence electrons. The highest BCUT2D eigenvalue weighted by Gasteiger charge is 2.30. The predicted octanol–water partition coefficient (Wildman–Crippen LogP) is 23.0. The van der Waals surface area contributed by atoms with Crippen LogP contribution in [0, 0.1) is 17.8 Å². The second-order valence-electron chi connectivity index (χ2n) is 29.3. The summed E-state index contributed by atoms with van der Waals surface area (Å²) in [6, 6.07) is 0. The first-order valence-corrected chi connectivity index (χ1v) is 43.4. The largest absolute Gasteiger partial charge is 0.472 e. The molecular formula is C78H152O17P2. The fourth-order valence-electron chi connectivity index (χ4n) is 11.9. The van der Waals surface area contributed by atoms with E-state index in [1.165, 1.54) is 212 Å². The van der Waals surface area contributed by atoms with Gasteiger partial charge >= 0.3 is 39.5 Å². The lowest BCUT2D eigenvalue weighted by Gasteiger charge is -2.21. The number of unbranched alkanes of at least 4 members (excludes halogenated alkanes) is 43. The molecule has 0 saturated carbocycles. The lowest BCUT2D eigenvalue weighted by atomic mass is 9.99. The molecule has 0 aromatic heterocycles. The van der Waals surface area contributed by atoms with E-state index in [9.17, 15) is 43.2 Å². The molecule has 3 unspecified atom stereocenters. The number of aliphatic hydroxyl groups excluding tert-OH is 1. The SMILES string of the molecule is CCCCCCCCCCCCCC(=O)OC[C@H](COP(=O)(O)OC[C@H](O)COP(=O)(O)OC[C@@H](COC(=O)CCCCCCCCCCCCCCC(C)C)OC(=O)CCCCCCCCCCCCCCCCC(C)CC)OC(=O)CCCCCCCCCCCCC(C)C. The predicted molar refractivity (Wildman–Crippen MR) is 395 cm³/mol. The van der Waals surface area contributed by atoms with Crippen LogP contribution in [0.15, 0.2) is 0 Å². The van der Waals surface area contributed by atoms with E-state index in [1.807, 2.05) is 0 Å². The molecule has 0 aliphatic carbocycles. The minimum absolute atomic E-state index is 0.106. The third kappa shape index (κ3) is 70.9. The van der Waals surface area contributed by atoms with Crippen LogP contribution in [0.5, 0.6) is 0 Å². The Morgan fingerprint density at radius 3 is 0.784 bits per heavy atom. The van der Waals surface area contributed by atoms with Gasteiger partial charge in [-0.05, 0) is 43.4 Å². The third-order valence-corrected chi connectivity index (χ3v) is 20.4. The smallest absolute Gasteiger partial charge is 0.462 e. The molecule has 3 N–H and O–H groups in total. The van der Waals surface area contributed by atoms with Crippen LogP contribution in [0.4, 0.5) is 0 Å². The molecule has 0 aromatic carbocycles. The van der Waals surface area contributed by atoms with Gasteiger partial charge in [-0.2, -0.15) is 0 Å². The number of ether oxygens (including phenoxy) is 4. The highest BCUT2D eigenvalue weighted by molar-refractivity contribution is 7.47. The molecule has 97 heavy (non-hydrogen) atoms. The minimum Gasteiger partial charge on any atom is -0.462 e. The van der Waals surface area contributed by atoms with Crippen LogP contribution < -0.4 is 0 Å². The molecule has 19 heteroatoms. The van der Waals surface area contributed by atoms with Crippen molar-refractivity contribution in [1.29, 1.82) is 0 Å². The van der Waals surface area contributed by atoms with Gasteiger partial charge in [-0.15, -0.1) is 0 Å². The van der Waals surface area contributed by atoms with Gasteiger partial charge in [0.2, 0.25) is 0 Å². The molecule has 0 aliphatic heterocycles. The molecule has 0 rings (SSSR count). The van der Waals surface area contributed by atoms with Gasteiger partial charge in [0.1, 0.15) is 19.3 Å². The number of hydrogen-bond acceptors (Lipinski definition) is 15. The van der Waals surface area contributed by atoms with E-state index in [4.69, 9.17) is 37.0 Å². The zero-order valence-corrected chi connectivity index (χ0v) is 65.3. The summed E-state index contributed by atoms with van der Waals surface area (Å²) in [7, 11) is -9.92. The fourth-order valence-corrected chi connectivity index (χ4v) is 13.5. The van der Waals surface area contributed by atoms with Crippen LogP contribution in [0.2, 0.25) is 0 Å². The van der Waals surface area contributed by atoms with Gasteiger partial charge in [-0.1, -0.05) is 350 Å². The number of phosphoric acid groups is 2. The number of carbonyl (C=O) groups is 4. The molecule has 0 saturated heterocycles. The van der Waals surface area contributed by atoms with Gasteiger partial charge in [0.15, 0.2) is 12.2 Å². The maximum Gasteiger partial charge on any atom is 0.472 e. The van der Waals surface area contributed by atoms with Crippen molar-refractivity contribution in [2.24, 2.45) is 17.8 Å². The number of hydrogen-bond donors (Lipinski definition) is 3. The fraction of sp³-hybridized carbons (Fsp3) is 0.949. The monoisotopic (exact) mass is 1420 g/mol. The summed E-state index contributed by atoms with van der Waals surface area (Å²) in [5, 5.41) is 10.6. The summed E-state index contributed by atoms with van der Waals surface area (Å²) in [6.07, 6.45) is 55.3. The Morgan fingerprint density at radius 1 is 0.299 bits per heavy atom. The lowest BCUT2D eigenvalue weighted by Crippen LogP contribution is -2.30. The Labute approximate surface area is 594 Å². The molecule has 0 aromatic rings. The molecule has 0 radical (unpaired) electrons. The Morgan fingerprint density at radius 2 is 0.526 bits per heavy atom. The number of rotatable bonds is 76. The van der Waals surface area contributed by atoms with Crippen molar-refractivity contribution in [1.82, 2.24) is 0 Å². The normalized spacial score (nSPS) is 14.3. The van der Waals surface area contributed by atoms with Crippen molar-refractivity contribution in [2.75, 3.05) is 39.6 Å². The van der Waals surface area contributed by atoms with Crippen molar-refractivity contribution >= 4 is 39.5 Å². The molecule has 17 nitrogen and oxygen atoms in total. The van der Waals surface area contributed by atoms with Crippen LogP contribution >= 0.6 is 15.6 Å². The zero-order valence-electron chi connectivity index (χ0n) is 63.5. The summed E-state index contributed by atoms with van der Waals surface area (Å²) >= 11 is 0. The van der Waals surface area contributed by atoms with Crippen LogP contribution in [0.25, 0.3) is 0 Å². The molecule has 0 fully saturated rings. The minimum atomic E-state index is -4.96. The second-order valence-corrected chi connectivity index (χ2v) is 32.2. The van der Waals surface area contributed by atoms with E-state index in [0.29, 0.717) is 25.7 Å². The number of esters is 4. The zero-order chi connectivity index (χ0) is 71.6. The molecule has 0 heterocycles. The number of aliphatic hydroxyl groups is 1. The van der Waals surface area contributed by atoms with Crippen molar-refractivity contribution in [3.63, 3.8) is 0 Å².